The third-order valence-corrected chi connectivity index (χ3v) is 2.79. The van der Waals surface area contributed by atoms with Crippen molar-refractivity contribution in [2.24, 2.45) is 0 Å². The van der Waals surface area contributed by atoms with Gasteiger partial charge in [-0.15, -0.1) is 0 Å². The van der Waals surface area contributed by atoms with E-state index in [1.165, 1.54) is 6.92 Å². The first-order valence-electron chi connectivity index (χ1n) is 4.01. The van der Waals surface area contributed by atoms with Gasteiger partial charge < -0.3 is 0 Å². The highest BCUT2D eigenvalue weighted by Crippen LogP contribution is 2.15. The Balaban J connectivity index is 2.61. The molecule has 0 atom stereocenters. The maximum absolute atomic E-state index is 11.4. The second kappa shape index (κ2) is 5.17. The number of hydrogen-bond donors (Lipinski definition) is 0. The van der Waals surface area contributed by atoms with E-state index in [9.17, 15) is 9.59 Å². The summed E-state index contributed by atoms with van der Waals surface area (Å²) >= 11 is 6.68. The van der Waals surface area contributed by atoms with E-state index >= 15 is 0 Å². The highest BCUT2D eigenvalue weighted by Gasteiger charge is 2.07. The van der Waals surface area contributed by atoms with E-state index in [0.29, 0.717) is 10.6 Å². The molecule has 0 aliphatic heterocycles. The Bertz CT molecular complexity index is 346. The fourth-order valence-corrected chi connectivity index (χ4v) is 1.60. The monoisotopic (exact) mass is 228 g/mol. The molecule has 0 aromatic heterocycles. The van der Waals surface area contributed by atoms with Crippen molar-refractivity contribution in [3.63, 3.8) is 0 Å². The van der Waals surface area contributed by atoms with Crippen LogP contribution in [0.25, 0.3) is 0 Å². The van der Waals surface area contributed by atoms with Crippen LogP contribution in [-0.4, -0.2) is 16.7 Å². The van der Waals surface area contributed by atoms with Crippen LogP contribution in [0.1, 0.15) is 17.3 Å². The van der Waals surface area contributed by atoms with Crippen LogP contribution in [0.3, 0.4) is 0 Å². The molecule has 4 heteroatoms. The van der Waals surface area contributed by atoms with Crippen molar-refractivity contribution in [3.8, 4) is 0 Å². The molecule has 1 aromatic rings. The van der Waals surface area contributed by atoms with Crippen molar-refractivity contribution in [3.05, 3.63) is 34.9 Å². The van der Waals surface area contributed by atoms with Crippen LogP contribution in [0.4, 0.5) is 0 Å². The van der Waals surface area contributed by atoms with Crippen molar-refractivity contribution in [1.29, 1.82) is 0 Å². The molecular weight excluding hydrogens is 220 g/mol. The molecule has 0 spiro atoms. The zero-order chi connectivity index (χ0) is 10.6. The standard InChI is InChI=1S/C10H9ClO2S/c1-7(12)6-14-10(13)8-2-4-9(11)5-3-8/h2-5H,6H2,1H3. The van der Waals surface area contributed by atoms with E-state index in [-0.39, 0.29) is 16.7 Å². The molecule has 0 saturated heterocycles. The van der Waals surface area contributed by atoms with Gasteiger partial charge in [0, 0.05) is 10.6 Å². The molecule has 0 fully saturated rings. The van der Waals surface area contributed by atoms with Gasteiger partial charge in [0.1, 0.15) is 5.78 Å². The highest BCUT2D eigenvalue weighted by molar-refractivity contribution is 8.14. The smallest absolute Gasteiger partial charge is 0.219 e. The number of halogens is 1. The molecule has 0 aliphatic rings. The van der Waals surface area contributed by atoms with Gasteiger partial charge in [-0.25, -0.2) is 0 Å². The molecule has 0 radical (unpaired) electrons. The second-order valence-corrected chi connectivity index (χ2v) is 4.17. The summed E-state index contributed by atoms with van der Waals surface area (Å²) in [5.41, 5.74) is 0.570. The Kier molecular flexibility index (Phi) is 4.17. The fourth-order valence-electron chi connectivity index (χ4n) is 0.836. The number of carbonyl (C=O) groups excluding carboxylic acids is 2. The van der Waals surface area contributed by atoms with Crippen molar-refractivity contribution in [1.82, 2.24) is 0 Å². The predicted octanol–water partition coefficient (Wildman–Crippen LogP) is 2.80. The zero-order valence-corrected chi connectivity index (χ0v) is 9.19. The lowest BCUT2D eigenvalue weighted by molar-refractivity contribution is -0.114. The molecule has 2 nitrogen and oxygen atoms in total. The van der Waals surface area contributed by atoms with Gasteiger partial charge in [0.25, 0.3) is 0 Å². The minimum atomic E-state index is -0.100. The van der Waals surface area contributed by atoms with E-state index in [1.54, 1.807) is 24.3 Å². The van der Waals surface area contributed by atoms with Crippen molar-refractivity contribution in [2.45, 2.75) is 6.92 Å². The van der Waals surface area contributed by atoms with Crippen LogP contribution in [-0.2, 0) is 4.79 Å². The maximum Gasteiger partial charge on any atom is 0.219 e. The van der Waals surface area contributed by atoms with Crippen LogP contribution in [0.2, 0.25) is 5.02 Å². The SMILES string of the molecule is CC(=O)CSC(=O)c1ccc(Cl)cc1. The summed E-state index contributed by atoms with van der Waals surface area (Å²) in [6.45, 7) is 1.46. The van der Waals surface area contributed by atoms with Gasteiger partial charge in [-0.05, 0) is 31.2 Å². The summed E-state index contributed by atoms with van der Waals surface area (Å²) < 4.78 is 0. The van der Waals surface area contributed by atoms with Gasteiger partial charge in [0.15, 0.2) is 0 Å². The van der Waals surface area contributed by atoms with Gasteiger partial charge in [0.05, 0.1) is 5.75 Å². The molecule has 0 heterocycles. The number of rotatable bonds is 3. The molecule has 0 bridgehead atoms. The average Bonchev–Trinajstić information content (AvgIpc) is 2.15. The minimum absolute atomic E-state index is 0.00249. The molecule has 0 N–H and O–H groups in total. The van der Waals surface area contributed by atoms with Crippen molar-refractivity contribution in [2.75, 3.05) is 5.75 Å². The molecule has 0 aliphatic carbocycles. The third kappa shape index (κ3) is 3.52. The molecular formula is C10H9ClO2S. The topological polar surface area (TPSA) is 34.1 Å². The predicted molar refractivity (Wildman–Crippen MR) is 58.9 cm³/mol. The Labute approximate surface area is 91.6 Å². The Morgan fingerprint density at radius 1 is 1.29 bits per heavy atom. The molecule has 0 unspecified atom stereocenters. The lowest BCUT2D eigenvalue weighted by atomic mass is 10.2. The van der Waals surface area contributed by atoms with Crippen LogP contribution in [0.5, 0.6) is 0 Å². The van der Waals surface area contributed by atoms with E-state index in [1.807, 2.05) is 0 Å². The molecule has 1 aromatic carbocycles. The van der Waals surface area contributed by atoms with Crippen LogP contribution >= 0.6 is 23.4 Å². The quantitative estimate of drug-likeness (QED) is 0.798. The number of ketones is 1. The lowest BCUT2D eigenvalue weighted by Gasteiger charge is -1.98. The van der Waals surface area contributed by atoms with Crippen LogP contribution in [0, 0.1) is 0 Å². The number of thioether (sulfide) groups is 1. The minimum Gasteiger partial charge on any atom is -0.299 e. The van der Waals surface area contributed by atoms with Gasteiger partial charge in [-0.2, -0.15) is 0 Å². The van der Waals surface area contributed by atoms with Crippen LogP contribution < -0.4 is 0 Å². The Morgan fingerprint density at radius 3 is 2.36 bits per heavy atom. The number of hydrogen-bond acceptors (Lipinski definition) is 3. The lowest BCUT2D eigenvalue weighted by Crippen LogP contribution is -2.00. The summed E-state index contributed by atoms with van der Waals surface area (Å²) in [6.07, 6.45) is 0. The number of benzene rings is 1. The summed E-state index contributed by atoms with van der Waals surface area (Å²) in [5.74, 6) is 0.221. The Hall–Kier alpha value is -0.800. The molecule has 0 amide bonds. The van der Waals surface area contributed by atoms with Crippen molar-refractivity contribution >= 4 is 34.3 Å². The summed E-state index contributed by atoms with van der Waals surface area (Å²) in [6, 6.07) is 6.61. The number of carbonyl (C=O) groups is 2. The molecule has 1 rings (SSSR count). The molecule has 0 saturated carbocycles. The Morgan fingerprint density at radius 2 is 1.86 bits per heavy atom. The van der Waals surface area contributed by atoms with E-state index < -0.39 is 0 Å². The second-order valence-electron chi connectivity index (χ2n) is 2.79. The fraction of sp³-hybridized carbons (Fsp3) is 0.200. The summed E-state index contributed by atoms with van der Waals surface area (Å²) in [4.78, 5) is 22.1. The first-order chi connectivity index (χ1) is 6.59. The first kappa shape index (κ1) is 11.3. The average molecular weight is 229 g/mol. The van der Waals surface area contributed by atoms with Crippen LogP contribution in [0.15, 0.2) is 24.3 Å². The van der Waals surface area contributed by atoms with E-state index in [2.05, 4.69) is 0 Å². The number of Topliss-reactive ketones (excluding diaryl/α,β-unsaturated/α-hetero) is 1. The van der Waals surface area contributed by atoms with Gasteiger partial charge >= 0.3 is 0 Å². The van der Waals surface area contributed by atoms with Crippen molar-refractivity contribution < 1.29 is 9.59 Å². The van der Waals surface area contributed by atoms with Gasteiger partial charge in [-0.3, -0.25) is 9.59 Å². The molecule has 74 valence electrons. The summed E-state index contributed by atoms with van der Waals surface area (Å²) in [5, 5.41) is 0.495. The van der Waals surface area contributed by atoms with Gasteiger partial charge in [-0.1, -0.05) is 23.4 Å². The largest absolute Gasteiger partial charge is 0.299 e. The first-order valence-corrected chi connectivity index (χ1v) is 5.38. The maximum atomic E-state index is 11.4. The third-order valence-electron chi connectivity index (χ3n) is 1.49. The normalized spacial score (nSPS) is 9.86. The molecule has 14 heavy (non-hydrogen) atoms. The summed E-state index contributed by atoms with van der Waals surface area (Å²) in [7, 11) is 0. The van der Waals surface area contributed by atoms with E-state index in [0.717, 1.165) is 11.8 Å². The highest BCUT2D eigenvalue weighted by atomic mass is 35.5. The zero-order valence-electron chi connectivity index (χ0n) is 7.62. The van der Waals surface area contributed by atoms with Gasteiger partial charge in [0.2, 0.25) is 5.12 Å². The van der Waals surface area contributed by atoms with E-state index in [4.69, 9.17) is 11.6 Å².